The standard InChI is InChI=1S/C12H18FNO/c1-10-9-11(13)5-6-12(10)15-8-4-3-7-14-2/h5-6,9,14H,3-4,7-8H2,1-2H3. The van der Waals surface area contributed by atoms with E-state index in [2.05, 4.69) is 5.32 Å². The molecule has 1 aromatic carbocycles. The molecule has 0 saturated carbocycles. The Labute approximate surface area is 90.4 Å². The maximum atomic E-state index is 12.8. The number of unbranched alkanes of at least 4 members (excludes halogenated alkanes) is 1. The van der Waals surface area contributed by atoms with E-state index >= 15 is 0 Å². The average molecular weight is 211 g/mol. The molecule has 3 heteroatoms. The highest BCUT2D eigenvalue weighted by molar-refractivity contribution is 5.32. The summed E-state index contributed by atoms with van der Waals surface area (Å²) in [6, 6.07) is 4.60. The van der Waals surface area contributed by atoms with Gasteiger partial charge in [0, 0.05) is 0 Å². The fourth-order valence-electron chi connectivity index (χ4n) is 1.36. The van der Waals surface area contributed by atoms with Crippen molar-refractivity contribution in [2.45, 2.75) is 19.8 Å². The number of hydrogen-bond acceptors (Lipinski definition) is 2. The van der Waals surface area contributed by atoms with Crippen LogP contribution in [-0.2, 0) is 0 Å². The Morgan fingerprint density at radius 2 is 2.13 bits per heavy atom. The van der Waals surface area contributed by atoms with E-state index in [0.717, 1.165) is 30.7 Å². The van der Waals surface area contributed by atoms with Crippen molar-refractivity contribution in [3.63, 3.8) is 0 Å². The largest absolute Gasteiger partial charge is 0.493 e. The summed E-state index contributed by atoms with van der Waals surface area (Å²) in [6.07, 6.45) is 2.11. The Morgan fingerprint density at radius 1 is 1.33 bits per heavy atom. The maximum Gasteiger partial charge on any atom is 0.123 e. The summed E-state index contributed by atoms with van der Waals surface area (Å²) >= 11 is 0. The van der Waals surface area contributed by atoms with Gasteiger partial charge in [-0.3, -0.25) is 0 Å². The van der Waals surface area contributed by atoms with Crippen LogP contribution in [0.5, 0.6) is 5.75 Å². The molecule has 84 valence electrons. The Hall–Kier alpha value is -1.09. The minimum atomic E-state index is -0.213. The van der Waals surface area contributed by atoms with Gasteiger partial charge in [-0.15, -0.1) is 0 Å². The van der Waals surface area contributed by atoms with E-state index in [9.17, 15) is 4.39 Å². The van der Waals surface area contributed by atoms with E-state index in [1.165, 1.54) is 12.1 Å². The molecule has 0 atom stereocenters. The first-order chi connectivity index (χ1) is 7.24. The van der Waals surface area contributed by atoms with Crippen molar-refractivity contribution in [2.75, 3.05) is 20.2 Å². The zero-order valence-corrected chi connectivity index (χ0v) is 9.35. The van der Waals surface area contributed by atoms with Crippen LogP contribution in [0, 0.1) is 12.7 Å². The second-order valence-electron chi connectivity index (χ2n) is 3.57. The first-order valence-electron chi connectivity index (χ1n) is 5.27. The molecule has 1 rings (SSSR count). The number of halogens is 1. The van der Waals surface area contributed by atoms with Crippen molar-refractivity contribution in [2.24, 2.45) is 0 Å². The third-order valence-corrected chi connectivity index (χ3v) is 2.22. The lowest BCUT2D eigenvalue weighted by atomic mass is 10.2. The van der Waals surface area contributed by atoms with Crippen LogP contribution in [0.1, 0.15) is 18.4 Å². The molecule has 0 radical (unpaired) electrons. The minimum absolute atomic E-state index is 0.213. The average Bonchev–Trinajstić information content (AvgIpc) is 2.20. The lowest BCUT2D eigenvalue weighted by Gasteiger charge is -2.08. The number of aryl methyl sites for hydroxylation is 1. The predicted octanol–water partition coefficient (Wildman–Crippen LogP) is 2.51. The Kier molecular flexibility index (Phi) is 5.12. The fraction of sp³-hybridized carbons (Fsp3) is 0.500. The second kappa shape index (κ2) is 6.40. The highest BCUT2D eigenvalue weighted by atomic mass is 19.1. The van der Waals surface area contributed by atoms with E-state index in [1.54, 1.807) is 6.07 Å². The van der Waals surface area contributed by atoms with Crippen LogP contribution in [0.3, 0.4) is 0 Å². The van der Waals surface area contributed by atoms with Gasteiger partial charge in [-0.05, 0) is 57.1 Å². The van der Waals surface area contributed by atoms with Crippen molar-refractivity contribution in [1.29, 1.82) is 0 Å². The lowest BCUT2D eigenvalue weighted by Crippen LogP contribution is -2.09. The van der Waals surface area contributed by atoms with Gasteiger partial charge in [-0.2, -0.15) is 0 Å². The fourth-order valence-corrected chi connectivity index (χ4v) is 1.36. The normalized spacial score (nSPS) is 10.3. The topological polar surface area (TPSA) is 21.3 Å². The SMILES string of the molecule is CNCCCCOc1ccc(F)cc1C. The first kappa shape index (κ1) is 12.0. The molecule has 0 spiro atoms. The monoisotopic (exact) mass is 211 g/mol. The van der Waals surface area contributed by atoms with Crippen molar-refractivity contribution < 1.29 is 9.13 Å². The number of rotatable bonds is 6. The van der Waals surface area contributed by atoms with Crippen LogP contribution in [-0.4, -0.2) is 20.2 Å². The van der Waals surface area contributed by atoms with Crippen molar-refractivity contribution in [1.82, 2.24) is 5.32 Å². The third kappa shape index (κ3) is 4.30. The van der Waals surface area contributed by atoms with Gasteiger partial charge < -0.3 is 10.1 Å². The van der Waals surface area contributed by atoms with Gasteiger partial charge in [0.2, 0.25) is 0 Å². The van der Waals surface area contributed by atoms with Crippen molar-refractivity contribution >= 4 is 0 Å². The second-order valence-corrected chi connectivity index (χ2v) is 3.57. The Bertz CT molecular complexity index is 302. The van der Waals surface area contributed by atoms with Crippen molar-refractivity contribution in [3.8, 4) is 5.75 Å². The third-order valence-electron chi connectivity index (χ3n) is 2.22. The predicted molar refractivity (Wildman–Crippen MR) is 59.8 cm³/mol. The molecule has 0 aliphatic rings. The molecule has 0 amide bonds. The number of benzene rings is 1. The molecule has 2 nitrogen and oxygen atoms in total. The molecule has 15 heavy (non-hydrogen) atoms. The van der Waals surface area contributed by atoms with E-state index in [1.807, 2.05) is 14.0 Å². The number of hydrogen-bond donors (Lipinski definition) is 1. The number of nitrogens with one attached hydrogen (secondary N) is 1. The molecule has 0 bridgehead atoms. The summed E-state index contributed by atoms with van der Waals surface area (Å²) in [6.45, 7) is 3.55. The van der Waals surface area contributed by atoms with Gasteiger partial charge >= 0.3 is 0 Å². The summed E-state index contributed by atoms with van der Waals surface area (Å²) < 4.78 is 18.3. The molecule has 0 heterocycles. The quantitative estimate of drug-likeness (QED) is 0.730. The smallest absolute Gasteiger partial charge is 0.123 e. The lowest BCUT2D eigenvalue weighted by molar-refractivity contribution is 0.304. The zero-order chi connectivity index (χ0) is 11.1. The first-order valence-corrected chi connectivity index (χ1v) is 5.27. The van der Waals surface area contributed by atoms with Crippen LogP contribution in [0.2, 0.25) is 0 Å². The van der Waals surface area contributed by atoms with Gasteiger partial charge in [0.15, 0.2) is 0 Å². The van der Waals surface area contributed by atoms with Gasteiger partial charge in [0.25, 0.3) is 0 Å². The molecule has 1 aromatic rings. The Morgan fingerprint density at radius 3 is 2.80 bits per heavy atom. The van der Waals surface area contributed by atoms with Crippen LogP contribution in [0.15, 0.2) is 18.2 Å². The van der Waals surface area contributed by atoms with Gasteiger partial charge in [-0.1, -0.05) is 0 Å². The maximum absolute atomic E-state index is 12.8. The van der Waals surface area contributed by atoms with E-state index in [4.69, 9.17) is 4.74 Å². The highest BCUT2D eigenvalue weighted by Gasteiger charge is 2.00. The molecular weight excluding hydrogens is 193 g/mol. The molecule has 0 aliphatic heterocycles. The van der Waals surface area contributed by atoms with Crippen LogP contribution in [0.4, 0.5) is 4.39 Å². The van der Waals surface area contributed by atoms with E-state index in [-0.39, 0.29) is 5.82 Å². The molecular formula is C12H18FNO. The molecule has 0 saturated heterocycles. The number of ether oxygens (including phenoxy) is 1. The van der Waals surface area contributed by atoms with E-state index in [0.29, 0.717) is 6.61 Å². The van der Waals surface area contributed by atoms with Crippen LogP contribution >= 0.6 is 0 Å². The molecule has 0 unspecified atom stereocenters. The molecule has 0 aliphatic carbocycles. The van der Waals surface area contributed by atoms with Crippen molar-refractivity contribution in [3.05, 3.63) is 29.6 Å². The summed E-state index contributed by atoms with van der Waals surface area (Å²) in [5, 5.41) is 3.08. The minimum Gasteiger partial charge on any atom is -0.493 e. The van der Waals surface area contributed by atoms with Crippen LogP contribution in [0.25, 0.3) is 0 Å². The summed E-state index contributed by atoms with van der Waals surface area (Å²) in [5.41, 5.74) is 0.851. The summed E-state index contributed by atoms with van der Waals surface area (Å²) in [4.78, 5) is 0. The summed E-state index contributed by atoms with van der Waals surface area (Å²) in [5.74, 6) is 0.566. The van der Waals surface area contributed by atoms with Gasteiger partial charge in [0.1, 0.15) is 11.6 Å². The molecule has 0 aromatic heterocycles. The van der Waals surface area contributed by atoms with Gasteiger partial charge in [-0.25, -0.2) is 4.39 Å². The molecule has 1 N–H and O–H groups in total. The van der Waals surface area contributed by atoms with Gasteiger partial charge in [0.05, 0.1) is 6.61 Å². The van der Waals surface area contributed by atoms with E-state index < -0.39 is 0 Å². The molecule has 0 fully saturated rings. The Balaban J connectivity index is 2.31. The van der Waals surface area contributed by atoms with Crippen LogP contribution < -0.4 is 10.1 Å². The highest BCUT2D eigenvalue weighted by Crippen LogP contribution is 2.18. The zero-order valence-electron chi connectivity index (χ0n) is 9.35. The summed E-state index contributed by atoms with van der Waals surface area (Å²) in [7, 11) is 1.94.